The molecule has 0 fully saturated rings. The first kappa shape index (κ1) is 11.8. The molecule has 0 radical (unpaired) electrons. The maximum Gasteiger partial charge on any atom is 0.303 e. The van der Waals surface area contributed by atoms with Crippen molar-refractivity contribution >= 4 is 11.9 Å². The first-order chi connectivity index (χ1) is 9.25. The molecular formula is C13H16N4O2. The number of carboxylic acids is 1. The number of carbonyl (C=O) groups is 1. The standard InChI is InChI=1S/C13H16N4O2/c18-11(19)5-4-10-12(9-3-1-6-14-9)16-13-15-7-2-8-17(10)13/h1,3,6,14H,2,4-5,7-8H2,(H,15,16)(H,18,19). The van der Waals surface area contributed by atoms with Crippen LogP contribution in [0.15, 0.2) is 18.3 Å². The van der Waals surface area contributed by atoms with E-state index in [1.54, 1.807) is 0 Å². The highest BCUT2D eigenvalue weighted by atomic mass is 16.4. The second-order valence-corrected chi connectivity index (χ2v) is 4.64. The zero-order valence-corrected chi connectivity index (χ0v) is 10.5. The van der Waals surface area contributed by atoms with Crippen LogP contribution in [0.1, 0.15) is 18.5 Å². The van der Waals surface area contributed by atoms with Crippen molar-refractivity contribution in [2.24, 2.45) is 0 Å². The van der Waals surface area contributed by atoms with Crippen LogP contribution in [0.3, 0.4) is 0 Å². The van der Waals surface area contributed by atoms with Crippen LogP contribution >= 0.6 is 0 Å². The molecule has 0 atom stereocenters. The summed E-state index contributed by atoms with van der Waals surface area (Å²) in [6.45, 7) is 1.81. The van der Waals surface area contributed by atoms with Gasteiger partial charge in [0.15, 0.2) is 0 Å². The van der Waals surface area contributed by atoms with Crippen molar-refractivity contribution in [1.29, 1.82) is 0 Å². The fourth-order valence-electron chi connectivity index (χ4n) is 2.47. The second kappa shape index (κ2) is 4.79. The lowest BCUT2D eigenvalue weighted by atomic mass is 10.1. The van der Waals surface area contributed by atoms with Crippen molar-refractivity contribution in [3.63, 3.8) is 0 Å². The Hall–Kier alpha value is -2.24. The number of nitrogens with one attached hydrogen (secondary N) is 2. The molecule has 6 heteroatoms. The van der Waals surface area contributed by atoms with Crippen LogP contribution < -0.4 is 5.32 Å². The van der Waals surface area contributed by atoms with Gasteiger partial charge in [0.05, 0.1) is 12.1 Å². The number of aromatic nitrogens is 3. The van der Waals surface area contributed by atoms with Crippen molar-refractivity contribution in [1.82, 2.24) is 14.5 Å². The smallest absolute Gasteiger partial charge is 0.303 e. The summed E-state index contributed by atoms with van der Waals surface area (Å²) in [5.74, 6) is 0.0630. The fraction of sp³-hybridized carbons (Fsp3) is 0.385. The molecule has 0 amide bonds. The molecule has 0 bridgehead atoms. The number of aromatic amines is 1. The van der Waals surface area contributed by atoms with Crippen LogP contribution in [0.25, 0.3) is 11.4 Å². The summed E-state index contributed by atoms with van der Waals surface area (Å²) in [5.41, 5.74) is 2.78. The second-order valence-electron chi connectivity index (χ2n) is 4.64. The van der Waals surface area contributed by atoms with Gasteiger partial charge in [-0.3, -0.25) is 4.79 Å². The lowest BCUT2D eigenvalue weighted by Crippen LogP contribution is -2.19. The SMILES string of the molecule is O=C(O)CCc1c(-c2ccc[nH]2)nc2n1CCCN2. The lowest BCUT2D eigenvalue weighted by Gasteiger charge is -2.17. The molecule has 1 aliphatic heterocycles. The van der Waals surface area contributed by atoms with E-state index in [-0.39, 0.29) is 6.42 Å². The van der Waals surface area contributed by atoms with Crippen LogP contribution in [-0.4, -0.2) is 32.2 Å². The Morgan fingerprint density at radius 2 is 2.42 bits per heavy atom. The normalized spacial score (nSPS) is 13.9. The quantitative estimate of drug-likeness (QED) is 0.781. The molecule has 0 unspecified atom stereocenters. The van der Waals surface area contributed by atoms with Gasteiger partial charge in [0.1, 0.15) is 5.69 Å². The summed E-state index contributed by atoms with van der Waals surface area (Å²) in [5, 5.41) is 12.1. The number of carboxylic acid groups (broad SMARTS) is 1. The fourth-order valence-corrected chi connectivity index (χ4v) is 2.47. The van der Waals surface area contributed by atoms with E-state index < -0.39 is 5.97 Å². The van der Waals surface area contributed by atoms with Gasteiger partial charge in [-0.15, -0.1) is 0 Å². The summed E-state index contributed by atoms with van der Waals surface area (Å²) >= 11 is 0. The van der Waals surface area contributed by atoms with Gasteiger partial charge in [-0.1, -0.05) is 0 Å². The molecule has 1 aliphatic rings. The number of H-pyrrole nitrogens is 1. The molecule has 3 N–H and O–H groups in total. The third-order valence-electron chi connectivity index (χ3n) is 3.34. The van der Waals surface area contributed by atoms with Gasteiger partial charge in [-0.05, 0) is 18.6 Å². The highest BCUT2D eigenvalue weighted by Gasteiger charge is 2.21. The molecule has 2 aromatic heterocycles. The minimum atomic E-state index is -0.781. The summed E-state index contributed by atoms with van der Waals surface area (Å²) in [6, 6.07) is 3.88. The van der Waals surface area contributed by atoms with Gasteiger partial charge in [0.2, 0.25) is 5.95 Å². The van der Waals surface area contributed by atoms with E-state index >= 15 is 0 Å². The van der Waals surface area contributed by atoms with Crippen LogP contribution in [0.4, 0.5) is 5.95 Å². The van der Waals surface area contributed by atoms with Gasteiger partial charge < -0.3 is 20.0 Å². The van der Waals surface area contributed by atoms with E-state index in [1.807, 2.05) is 18.3 Å². The first-order valence-electron chi connectivity index (χ1n) is 6.44. The molecule has 2 aromatic rings. The average Bonchev–Trinajstić information content (AvgIpc) is 3.03. The monoisotopic (exact) mass is 260 g/mol. The summed E-state index contributed by atoms with van der Waals surface area (Å²) in [4.78, 5) is 18.5. The molecule has 0 saturated heterocycles. The summed E-state index contributed by atoms with van der Waals surface area (Å²) in [6.07, 6.45) is 3.51. The van der Waals surface area contributed by atoms with E-state index in [0.29, 0.717) is 6.42 Å². The van der Waals surface area contributed by atoms with Crippen molar-refractivity contribution in [2.45, 2.75) is 25.8 Å². The predicted octanol–water partition coefficient (Wildman–Crippen LogP) is 1.71. The third-order valence-corrected chi connectivity index (χ3v) is 3.34. The van der Waals surface area contributed by atoms with Crippen molar-refractivity contribution in [2.75, 3.05) is 11.9 Å². The van der Waals surface area contributed by atoms with E-state index in [0.717, 1.165) is 42.5 Å². The van der Waals surface area contributed by atoms with Gasteiger partial charge in [-0.25, -0.2) is 4.98 Å². The van der Waals surface area contributed by atoms with Gasteiger partial charge in [-0.2, -0.15) is 0 Å². The van der Waals surface area contributed by atoms with Crippen LogP contribution in [0.2, 0.25) is 0 Å². The van der Waals surface area contributed by atoms with Crippen molar-refractivity contribution in [3.05, 3.63) is 24.0 Å². The minimum Gasteiger partial charge on any atom is -0.481 e. The van der Waals surface area contributed by atoms with Gasteiger partial charge in [0.25, 0.3) is 0 Å². The molecule has 0 aromatic carbocycles. The molecule has 0 saturated carbocycles. The minimum absolute atomic E-state index is 0.124. The average molecular weight is 260 g/mol. The van der Waals surface area contributed by atoms with E-state index in [2.05, 4.69) is 19.9 Å². The Morgan fingerprint density at radius 3 is 3.16 bits per heavy atom. The number of rotatable bonds is 4. The molecule has 19 heavy (non-hydrogen) atoms. The van der Waals surface area contributed by atoms with Crippen LogP contribution in [0, 0.1) is 0 Å². The molecule has 3 rings (SSSR count). The number of hydrogen-bond donors (Lipinski definition) is 3. The molecule has 100 valence electrons. The van der Waals surface area contributed by atoms with E-state index in [4.69, 9.17) is 5.11 Å². The zero-order chi connectivity index (χ0) is 13.2. The number of imidazole rings is 1. The van der Waals surface area contributed by atoms with Gasteiger partial charge in [0, 0.05) is 31.4 Å². The number of aliphatic carboxylic acids is 1. The lowest BCUT2D eigenvalue weighted by molar-refractivity contribution is -0.136. The Labute approximate surface area is 110 Å². The Kier molecular flexibility index (Phi) is 2.98. The third kappa shape index (κ3) is 2.21. The highest BCUT2D eigenvalue weighted by Crippen LogP contribution is 2.28. The van der Waals surface area contributed by atoms with E-state index in [1.165, 1.54) is 0 Å². The largest absolute Gasteiger partial charge is 0.481 e. The molecule has 6 nitrogen and oxygen atoms in total. The molecule has 3 heterocycles. The first-order valence-corrected chi connectivity index (χ1v) is 6.44. The topological polar surface area (TPSA) is 82.9 Å². The highest BCUT2D eigenvalue weighted by molar-refractivity contribution is 5.68. The predicted molar refractivity (Wildman–Crippen MR) is 71.1 cm³/mol. The molecule has 0 spiro atoms. The van der Waals surface area contributed by atoms with Crippen LogP contribution in [-0.2, 0) is 17.8 Å². The Morgan fingerprint density at radius 1 is 1.53 bits per heavy atom. The summed E-state index contributed by atoms with van der Waals surface area (Å²) < 4.78 is 2.10. The zero-order valence-electron chi connectivity index (χ0n) is 10.5. The van der Waals surface area contributed by atoms with Crippen molar-refractivity contribution < 1.29 is 9.90 Å². The Balaban J connectivity index is 2.02. The number of anilines is 1. The van der Waals surface area contributed by atoms with Crippen molar-refractivity contribution in [3.8, 4) is 11.4 Å². The maximum atomic E-state index is 10.8. The Bertz CT molecular complexity index is 586. The number of fused-ring (bicyclic) bond motifs is 1. The summed E-state index contributed by atoms with van der Waals surface area (Å²) in [7, 11) is 0. The molecule has 0 aliphatic carbocycles. The molecular weight excluding hydrogens is 244 g/mol. The number of nitrogens with zero attached hydrogens (tertiary/aromatic N) is 2. The maximum absolute atomic E-state index is 10.8. The number of hydrogen-bond acceptors (Lipinski definition) is 3. The van der Waals surface area contributed by atoms with Gasteiger partial charge >= 0.3 is 5.97 Å². The van der Waals surface area contributed by atoms with E-state index in [9.17, 15) is 4.79 Å². The van der Waals surface area contributed by atoms with Crippen LogP contribution in [0.5, 0.6) is 0 Å².